The van der Waals surface area contributed by atoms with E-state index in [1.54, 1.807) is 0 Å². The molecule has 0 radical (unpaired) electrons. The maximum atomic E-state index is 13.5. The number of rotatable bonds is 1. The van der Waals surface area contributed by atoms with Crippen molar-refractivity contribution in [3.05, 3.63) is 29.8 Å². The fourth-order valence-corrected chi connectivity index (χ4v) is 1.90. The molecule has 0 spiro atoms. The van der Waals surface area contributed by atoms with Gasteiger partial charge in [0.1, 0.15) is 11.6 Å². The summed E-state index contributed by atoms with van der Waals surface area (Å²) in [5, 5.41) is 3.21. The van der Waals surface area contributed by atoms with Crippen molar-refractivity contribution >= 4 is 5.69 Å². The Bertz CT molecular complexity index is 354. The molecule has 0 bridgehead atoms. The summed E-state index contributed by atoms with van der Waals surface area (Å²) in [4.78, 5) is 1.90. The van der Waals surface area contributed by atoms with Crippen molar-refractivity contribution in [1.29, 1.82) is 0 Å². The molecule has 1 aromatic carbocycles. The van der Waals surface area contributed by atoms with E-state index in [1.807, 2.05) is 11.8 Å². The summed E-state index contributed by atoms with van der Waals surface area (Å²) in [5.41, 5.74) is 0.365. The highest BCUT2D eigenvalue weighted by Gasteiger charge is 2.21. The number of hydrogen-bond acceptors (Lipinski definition) is 2. The van der Waals surface area contributed by atoms with Gasteiger partial charge in [-0.2, -0.15) is 0 Å². The Kier molecular flexibility index (Phi) is 2.86. The molecule has 1 aromatic rings. The maximum absolute atomic E-state index is 13.5. The van der Waals surface area contributed by atoms with Crippen LogP contribution in [0, 0.1) is 11.6 Å². The number of benzene rings is 1. The molecule has 2 rings (SSSR count). The van der Waals surface area contributed by atoms with Crippen LogP contribution in [-0.2, 0) is 0 Å². The van der Waals surface area contributed by atoms with Crippen LogP contribution in [0.3, 0.4) is 0 Å². The Labute approximate surface area is 87.9 Å². The Morgan fingerprint density at radius 2 is 2.20 bits per heavy atom. The first-order valence-corrected chi connectivity index (χ1v) is 5.11. The third-order valence-electron chi connectivity index (χ3n) is 2.72. The van der Waals surface area contributed by atoms with Crippen molar-refractivity contribution in [2.75, 3.05) is 24.5 Å². The van der Waals surface area contributed by atoms with Gasteiger partial charge in [-0.05, 0) is 19.1 Å². The maximum Gasteiger partial charge on any atom is 0.146 e. The molecule has 1 aliphatic heterocycles. The second kappa shape index (κ2) is 4.14. The van der Waals surface area contributed by atoms with Gasteiger partial charge < -0.3 is 10.2 Å². The van der Waals surface area contributed by atoms with Crippen molar-refractivity contribution in [1.82, 2.24) is 5.32 Å². The summed E-state index contributed by atoms with van der Waals surface area (Å²) in [6.45, 7) is 4.31. The molecule has 1 N–H and O–H groups in total. The standard InChI is InChI=1S/C11H14F2N2/c1-8-7-14-4-5-15(8)11-6-9(12)2-3-10(11)13/h2-3,6,8,14H,4-5,7H2,1H3/t8-/m1/s1. The van der Waals surface area contributed by atoms with Crippen LogP contribution < -0.4 is 10.2 Å². The second-order valence-corrected chi connectivity index (χ2v) is 3.84. The lowest BCUT2D eigenvalue weighted by Gasteiger charge is -2.36. The third kappa shape index (κ3) is 2.09. The van der Waals surface area contributed by atoms with Crippen LogP contribution in [0.4, 0.5) is 14.5 Å². The van der Waals surface area contributed by atoms with Crippen molar-refractivity contribution in [2.45, 2.75) is 13.0 Å². The first-order valence-electron chi connectivity index (χ1n) is 5.11. The number of anilines is 1. The minimum atomic E-state index is -0.392. The molecular weight excluding hydrogens is 198 g/mol. The zero-order valence-electron chi connectivity index (χ0n) is 8.63. The molecule has 1 heterocycles. The van der Waals surface area contributed by atoms with Crippen molar-refractivity contribution in [3.63, 3.8) is 0 Å². The minimum absolute atomic E-state index is 0.190. The van der Waals surface area contributed by atoms with Gasteiger partial charge in [0, 0.05) is 31.7 Å². The van der Waals surface area contributed by atoms with Crippen LogP contribution in [0.2, 0.25) is 0 Å². The largest absolute Gasteiger partial charge is 0.364 e. The summed E-state index contributed by atoms with van der Waals surface area (Å²) < 4.78 is 26.5. The van der Waals surface area contributed by atoms with Gasteiger partial charge in [-0.25, -0.2) is 8.78 Å². The van der Waals surface area contributed by atoms with E-state index in [1.165, 1.54) is 12.1 Å². The molecule has 1 saturated heterocycles. The zero-order valence-corrected chi connectivity index (χ0v) is 8.63. The molecule has 0 aliphatic carbocycles. The SMILES string of the molecule is C[C@@H]1CNCCN1c1cc(F)ccc1F. The van der Waals surface area contributed by atoms with Gasteiger partial charge in [-0.1, -0.05) is 0 Å². The molecule has 15 heavy (non-hydrogen) atoms. The summed E-state index contributed by atoms with van der Waals surface area (Å²) in [6, 6.07) is 3.78. The van der Waals surface area contributed by atoms with Crippen molar-refractivity contribution in [3.8, 4) is 0 Å². The number of halogens is 2. The van der Waals surface area contributed by atoms with E-state index < -0.39 is 5.82 Å². The Hall–Kier alpha value is -1.16. The van der Waals surface area contributed by atoms with Crippen molar-refractivity contribution in [2.24, 2.45) is 0 Å². The van der Waals surface area contributed by atoms with Crippen molar-refractivity contribution < 1.29 is 8.78 Å². The highest BCUT2D eigenvalue weighted by atomic mass is 19.1. The molecular formula is C11H14F2N2. The van der Waals surface area contributed by atoms with E-state index in [0.717, 1.165) is 19.2 Å². The number of piperazine rings is 1. The third-order valence-corrected chi connectivity index (χ3v) is 2.72. The first kappa shape index (κ1) is 10.4. The van der Waals surface area contributed by atoms with Crippen LogP contribution in [0.25, 0.3) is 0 Å². The fourth-order valence-electron chi connectivity index (χ4n) is 1.90. The highest BCUT2D eigenvalue weighted by molar-refractivity contribution is 5.49. The number of nitrogens with one attached hydrogen (secondary N) is 1. The lowest BCUT2D eigenvalue weighted by Crippen LogP contribution is -2.50. The van der Waals surface area contributed by atoms with E-state index >= 15 is 0 Å². The van der Waals surface area contributed by atoms with E-state index in [4.69, 9.17) is 0 Å². The van der Waals surface area contributed by atoms with Crippen LogP contribution >= 0.6 is 0 Å². The van der Waals surface area contributed by atoms with Crippen LogP contribution in [0.15, 0.2) is 18.2 Å². The Balaban J connectivity index is 2.30. The number of hydrogen-bond donors (Lipinski definition) is 1. The number of nitrogens with zero attached hydrogens (tertiary/aromatic N) is 1. The normalized spacial score (nSPS) is 21.8. The van der Waals surface area contributed by atoms with Gasteiger partial charge in [0.15, 0.2) is 0 Å². The molecule has 1 aliphatic rings. The summed E-state index contributed by atoms with van der Waals surface area (Å²) in [7, 11) is 0. The van der Waals surface area contributed by atoms with Gasteiger partial charge >= 0.3 is 0 Å². The average Bonchev–Trinajstić information content (AvgIpc) is 2.23. The summed E-state index contributed by atoms with van der Waals surface area (Å²) in [5.74, 6) is -0.748. The Morgan fingerprint density at radius 3 is 2.93 bits per heavy atom. The average molecular weight is 212 g/mol. The molecule has 1 atom stereocenters. The molecule has 0 aromatic heterocycles. The molecule has 82 valence electrons. The second-order valence-electron chi connectivity index (χ2n) is 3.84. The molecule has 0 saturated carbocycles. The molecule has 4 heteroatoms. The van der Waals surface area contributed by atoms with Gasteiger partial charge in [-0.3, -0.25) is 0 Å². The van der Waals surface area contributed by atoms with E-state index in [9.17, 15) is 8.78 Å². The quantitative estimate of drug-likeness (QED) is 0.763. The summed E-state index contributed by atoms with van der Waals surface area (Å²) >= 11 is 0. The first-order chi connectivity index (χ1) is 7.18. The lowest BCUT2D eigenvalue weighted by atomic mass is 10.1. The van der Waals surface area contributed by atoms with Crippen LogP contribution in [0.1, 0.15) is 6.92 Å². The van der Waals surface area contributed by atoms with Crippen LogP contribution in [0.5, 0.6) is 0 Å². The van der Waals surface area contributed by atoms with Gasteiger partial charge in [0.25, 0.3) is 0 Å². The fraction of sp³-hybridized carbons (Fsp3) is 0.455. The molecule has 0 amide bonds. The van der Waals surface area contributed by atoms with E-state index in [-0.39, 0.29) is 11.9 Å². The monoisotopic (exact) mass is 212 g/mol. The molecule has 2 nitrogen and oxygen atoms in total. The summed E-state index contributed by atoms with van der Waals surface area (Å²) in [6.07, 6.45) is 0. The minimum Gasteiger partial charge on any atom is -0.364 e. The lowest BCUT2D eigenvalue weighted by molar-refractivity contribution is 0.488. The smallest absolute Gasteiger partial charge is 0.146 e. The van der Waals surface area contributed by atoms with Gasteiger partial charge in [0.05, 0.1) is 5.69 Å². The molecule has 0 unspecified atom stereocenters. The van der Waals surface area contributed by atoms with E-state index in [2.05, 4.69) is 5.32 Å². The molecule has 1 fully saturated rings. The predicted molar refractivity (Wildman–Crippen MR) is 56.0 cm³/mol. The Morgan fingerprint density at radius 1 is 1.40 bits per heavy atom. The van der Waals surface area contributed by atoms with Gasteiger partial charge in [-0.15, -0.1) is 0 Å². The van der Waals surface area contributed by atoms with Gasteiger partial charge in [0.2, 0.25) is 0 Å². The van der Waals surface area contributed by atoms with E-state index in [0.29, 0.717) is 12.2 Å². The highest BCUT2D eigenvalue weighted by Crippen LogP contribution is 2.23. The topological polar surface area (TPSA) is 15.3 Å². The zero-order chi connectivity index (χ0) is 10.8. The predicted octanol–water partition coefficient (Wildman–Crippen LogP) is 1.76. The van der Waals surface area contributed by atoms with Crippen LogP contribution in [-0.4, -0.2) is 25.7 Å².